The number of imidazole rings is 1. The van der Waals surface area contributed by atoms with E-state index in [1.165, 1.54) is 0 Å². The van der Waals surface area contributed by atoms with E-state index in [9.17, 15) is 0 Å². The molecule has 1 aliphatic rings. The third-order valence-corrected chi connectivity index (χ3v) is 2.87. The van der Waals surface area contributed by atoms with Gasteiger partial charge in [-0.3, -0.25) is 0 Å². The quantitative estimate of drug-likeness (QED) is 0.658. The molecule has 0 saturated heterocycles. The van der Waals surface area contributed by atoms with Crippen molar-refractivity contribution in [1.29, 1.82) is 0 Å². The van der Waals surface area contributed by atoms with Crippen LogP contribution in [0.5, 0.6) is 0 Å². The second kappa shape index (κ2) is 4.11. The van der Waals surface area contributed by atoms with Crippen molar-refractivity contribution in [2.45, 2.75) is 32.4 Å². The van der Waals surface area contributed by atoms with Crippen LogP contribution in [-0.2, 0) is 6.54 Å². The minimum absolute atomic E-state index is 0.0473. The molecule has 1 fully saturated rings. The number of aromatic amines is 1. The summed E-state index contributed by atoms with van der Waals surface area (Å²) in [6, 6.07) is 0. The molecule has 4 nitrogen and oxygen atoms in total. The standard InChI is InChI=1S/C10H17N3O/c1-7-10(13-6-12-7)5-11-4-8-2-9(14)3-8/h6,8-9,11,14H,2-5H2,1H3,(H,12,13). The summed E-state index contributed by atoms with van der Waals surface area (Å²) in [5.41, 5.74) is 2.22. The molecule has 3 N–H and O–H groups in total. The van der Waals surface area contributed by atoms with Crippen LogP contribution in [0.25, 0.3) is 0 Å². The SMILES string of the molecule is Cc1[nH]cnc1CNCC1CC(O)C1. The maximum absolute atomic E-state index is 9.10. The summed E-state index contributed by atoms with van der Waals surface area (Å²) in [6.07, 6.45) is 3.58. The van der Waals surface area contributed by atoms with Crippen LogP contribution < -0.4 is 5.32 Å². The van der Waals surface area contributed by atoms with E-state index in [0.717, 1.165) is 37.3 Å². The summed E-state index contributed by atoms with van der Waals surface area (Å²) in [5, 5.41) is 12.5. The highest BCUT2D eigenvalue weighted by atomic mass is 16.3. The molecule has 2 rings (SSSR count). The average Bonchev–Trinajstić information content (AvgIpc) is 2.49. The van der Waals surface area contributed by atoms with E-state index in [0.29, 0.717) is 5.92 Å². The van der Waals surface area contributed by atoms with Crippen molar-refractivity contribution in [3.8, 4) is 0 Å². The third kappa shape index (κ3) is 2.13. The molecule has 0 aromatic carbocycles. The van der Waals surface area contributed by atoms with E-state index in [2.05, 4.69) is 15.3 Å². The largest absolute Gasteiger partial charge is 0.393 e. The molecule has 1 heterocycles. The Morgan fingerprint density at radius 2 is 2.43 bits per heavy atom. The highest BCUT2D eigenvalue weighted by Gasteiger charge is 2.26. The first kappa shape index (κ1) is 9.68. The minimum Gasteiger partial charge on any atom is -0.393 e. The maximum atomic E-state index is 9.10. The number of hydrogen-bond donors (Lipinski definition) is 3. The van der Waals surface area contributed by atoms with Crippen molar-refractivity contribution in [3.63, 3.8) is 0 Å². The van der Waals surface area contributed by atoms with Gasteiger partial charge < -0.3 is 15.4 Å². The Bertz CT molecular complexity index is 291. The number of aliphatic hydroxyl groups excluding tert-OH is 1. The Hall–Kier alpha value is -0.870. The predicted octanol–water partition coefficient (Wildman–Crippen LogP) is 0.579. The van der Waals surface area contributed by atoms with Crippen LogP contribution in [0.1, 0.15) is 24.2 Å². The topological polar surface area (TPSA) is 60.9 Å². The highest BCUT2D eigenvalue weighted by Crippen LogP contribution is 2.26. The number of aliphatic hydroxyl groups is 1. The first-order valence-corrected chi connectivity index (χ1v) is 5.13. The fraction of sp³-hybridized carbons (Fsp3) is 0.700. The normalized spacial score (nSPS) is 26.1. The van der Waals surface area contributed by atoms with Crippen molar-refractivity contribution in [1.82, 2.24) is 15.3 Å². The zero-order valence-corrected chi connectivity index (χ0v) is 8.45. The lowest BCUT2D eigenvalue weighted by Crippen LogP contribution is -2.36. The molecular weight excluding hydrogens is 178 g/mol. The van der Waals surface area contributed by atoms with Gasteiger partial charge in [-0.2, -0.15) is 0 Å². The van der Waals surface area contributed by atoms with Gasteiger partial charge in [0.2, 0.25) is 0 Å². The van der Waals surface area contributed by atoms with Gasteiger partial charge in [0.25, 0.3) is 0 Å². The first-order valence-electron chi connectivity index (χ1n) is 5.13. The van der Waals surface area contributed by atoms with Crippen LogP contribution in [0.2, 0.25) is 0 Å². The molecule has 0 spiro atoms. The molecule has 78 valence electrons. The summed E-state index contributed by atoms with van der Waals surface area (Å²) >= 11 is 0. The molecule has 0 amide bonds. The minimum atomic E-state index is -0.0473. The molecule has 0 bridgehead atoms. The Labute approximate surface area is 83.8 Å². The molecule has 1 aromatic rings. The molecule has 4 heteroatoms. The van der Waals surface area contributed by atoms with Gasteiger partial charge in [0.05, 0.1) is 18.1 Å². The van der Waals surface area contributed by atoms with E-state index in [1.807, 2.05) is 6.92 Å². The van der Waals surface area contributed by atoms with Gasteiger partial charge in [-0.05, 0) is 32.2 Å². The zero-order chi connectivity index (χ0) is 9.97. The molecule has 0 aliphatic heterocycles. The van der Waals surface area contributed by atoms with Crippen LogP contribution >= 0.6 is 0 Å². The van der Waals surface area contributed by atoms with E-state index in [4.69, 9.17) is 5.11 Å². The van der Waals surface area contributed by atoms with Crippen molar-refractivity contribution in [3.05, 3.63) is 17.7 Å². The van der Waals surface area contributed by atoms with Crippen LogP contribution in [0.3, 0.4) is 0 Å². The van der Waals surface area contributed by atoms with Gasteiger partial charge >= 0.3 is 0 Å². The highest BCUT2D eigenvalue weighted by molar-refractivity contribution is 5.07. The third-order valence-electron chi connectivity index (χ3n) is 2.87. The molecule has 0 unspecified atom stereocenters. The van der Waals surface area contributed by atoms with E-state index in [-0.39, 0.29) is 6.10 Å². The molecule has 0 radical (unpaired) electrons. The monoisotopic (exact) mass is 195 g/mol. The molecule has 14 heavy (non-hydrogen) atoms. The van der Waals surface area contributed by atoms with E-state index < -0.39 is 0 Å². The van der Waals surface area contributed by atoms with Crippen molar-refractivity contribution >= 4 is 0 Å². The summed E-state index contributed by atoms with van der Waals surface area (Å²) in [6.45, 7) is 3.84. The lowest BCUT2D eigenvalue weighted by Gasteiger charge is -2.31. The molecule has 1 saturated carbocycles. The van der Waals surface area contributed by atoms with Crippen molar-refractivity contribution in [2.24, 2.45) is 5.92 Å². The number of aryl methyl sites for hydroxylation is 1. The number of rotatable bonds is 4. The Morgan fingerprint density at radius 3 is 3.00 bits per heavy atom. The zero-order valence-electron chi connectivity index (χ0n) is 8.45. The van der Waals surface area contributed by atoms with Gasteiger partial charge in [-0.15, -0.1) is 0 Å². The number of aromatic nitrogens is 2. The Morgan fingerprint density at radius 1 is 1.64 bits per heavy atom. The van der Waals surface area contributed by atoms with Gasteiger partial charge in [-0.1, -0.05) is 0 Å². The summed E-state index contributed by atoms with van der Waals surface area (Å²) in [7, 11) is 0. The van der Waals surface area contributed by atoms with Crippen LogP contribution in [0, 0.1) is 12.8 Å². The number of H-pyrrole nitrogens is 1. The fourth-order valence-corrected chi connectivity index (χ4v) is 1.83. The van der Waals surface area contributed by atoms with Gasteiger partial charge in [0, 0.05) is 12.2 Å². The van der Waals surface area contributed by atoms with Gasteiger partial charge in [0.1, 0.15) is 0 Å². The Balaban J connectivity index is 1.66. The number of nitrogens with one attached hydrogen (secondary N) is 2. The molecule has 0 atom stereocenters. The fourth-order valence-electron chi connectivity index (χ4n) is 1.83. The first-order chi connectivity index (χ1) is 6.75. The Kier molecular flexibility index (Phi) is 2.84. The lowest BCUT2D eigenvalue weighted by atomic mass is 9.82. The summed E-state index contributed by atoms with van der Waals surface area (Å²) < 4.78 is 0. The summed E-state index contributed by atoms with van der Waals surface area (Å²) in [5.74, 6) is 0.657. The molecule has 1 aliphatic carbocycles. The second-order valence-electron chi connectivity index (χ2n) is 4.10. The van der Waals surface area contributed by atoms with E-state index >= 15 is 0 Å². The van der Waals surface area contributed by atoms with E-state index in [1.54, 1.807) is 6.33 Å². The van der Waals surface area contributed by atoms with Crippen molar-refractivity contribution < 1.29 is 5.11 Å². The predicted molar refractivity (Wildman–Crippen MR) is 53.8 cm³/mol. The van der Waals surface area contributed by atoms with Gasteiger partial charge in [0.15, 0.2) is 0 Å². The van der Waals surface area contributed by atoms with Crippen molar-refractivity contribution in [2.75, 3.05) is 6.54 Å². The molecular formula is C10H17N3O. The second-order valence-corrected chi connectivity index (χ2v) is 4.10. The smallest absolute Gasteiger partial charge is 0.0925 e. The van der Waals surface area contributed by atoms with Crippen LogP contribution in [0.4, 0.5) is 0 Å². The summed E-state index contributed by atoms with van der Waals surface area (Å²) in [4.78, 5) is 7.25. The lowest BCUT2D eigenvalue weighted by molar-refractivity contribution is 0.0429. The number of nitrogens with zero attached hydrogens (tertiary/aromatic N) is 1. The van der Waals surface area contributed by atoms with Gasteiger partial charge in [-0.25, -0.2) is 4.98 Å². The molecule has 1 aromatic heterocycles. The van der Waals surface area contributed by atoms with Crippen LogP contribution in [0.15, 0.2) is 6.33 Å². The maximum Gasteiger partial charge on any atom is 0.0925 e. The van der Waals surface area contributed by atoms with Crippen LogP contribution in [-0.4, -0.2) is 27.7 Å². The average molecular weight is 195 g/mol. The number of hydrogen-bond acceptors (Lipinski definition) is 3.